The van der Waals surface area contributed by atoms with E-state index in [1.54, 1.807) is 0 Å². The summed E-state index contributed by atoms with van der Waals surface area (Å²) < 4.78 is 5.60. The van der Waals surface area contributed by atoms with E-state index < -0.39 is 11.5 Å². The Hall–Kier alpha value is -1.90. The quantitative estimate of drug-likeness (QED) is 0.694. The lowest BCUT2D eigenvalue weighted by Crippen LogP contribution is -2.30. The number of methoxy groups -OCH3 is 1. The zero-order valence-corrected chi connectivity index (χ0v) is 12.0. The third-order valence-electron chi connectivity index (χ3n) is 2.21. The molecule has 19 heavy (non-hydrogen) atoms. The summed E-state index contributed by atoms with van der Waals surface area (Å²) in [6, 6.07) is 0. The van der Waals surface area contributed by atoms with E-state index in [4.69, 9.17) is 0 Å². The fraction of sp³-hybridized carbons (Fsp3) is 0.400. The van der Waals surface area contributed by atoms with Crippen molar-refractivity contribution in [2.75, 3.05) is 26.0 Å². The van der Waals surface area contributed by atoms with Gasteiger partial charge in [0.2, 0.25) is 5.91 Å². The molecular weight excluding hydrogens is 320 g/mol. The SMILES string of the molecule is CNC(=O)CNc1cnn(CC(=O)OC)c(=O)c1Br. The number of aromatic nitrogens is 2. The van der Waals surface area contributed by atoms with Crippen LogP contribution in [0.5, 0.6) is 0 Å². The minimum absolute atomic E-state index is 0.0111. The summed E-state index contributed by atoms with van der Waals surface area (Å²) in [6.45, 7) is -0.263. The largest absolute Gasteiger partial charge is 0.468 e. The van der Waals surface area contributed by atoms with Crippen molar-refractivity contribution >= 4 is 33.5 Å². The van der Waals surface area contributed by atoms with E-state index in [1.807, 2.05) is 0 Å². The van der Waals surface area contributed by atoms with Gasteiger partial charge < -0.3 is 15.4 Å². The summed E-state index contributed by atoms with van der Waals surface area (Å²) in [5.74, 6) is -0.807. The highest BCUT2D eigenvalue weighted by Gasteiger charge is 2.12. The number of nitrogens with zero attached hydrogens (tertiary/aromatic N) is 2. The van der Waals surface area contributed by atoms with Crippen molar-refractivity contribution in [3.8, 4) is 0 Å². The predicted octanol–water partition coefficient (Wildman–Crippen LogP) is -0.663. The highest BCUT2D eigenvalue weighted by molar-refractivity contribution is 9.10. The van der Waals surface area contributed by atoms with E-state index in [9.17, 15) is 14.4 Å². The number of ether oxygens (including phenoxy) is 1. The van der Waals surface area contributed by atoms with E-state index in [1.165, 1.54) is 20.4 Å². The number of hydrogen-bond donors (Lipinski definition) is 2. The molecule has 1 aromatic rings. The van der Waals surface area contributed by atoms with Crippen LogP contribution in [0.3, 0.4) is 0 Å². The number of carbonyl (C=O) groups is 2. The lowest BCUT2D eigenvalue weighted by Gasteiger charge is -2.09. The molecule has 0 aromatic carbocycles. The number of halogens is 1. The topological polar surface area (TPSA) is 102 Å². The summed E-state index contributed by atoms with van der Waals surface area (Å²) in [5, 5.41) is 8.99. The number of rotatable bonds is 5. The van der Waals surface area contributed by atoms with Crippen LogP contribution in [0.2, 0.25) is 0 Å². The molecule has 0 aliphatic heterocycles. The third kappa shape index (κ3) is 4.05. The van der Waals surface area contributed by atoms with Gasteiger partial charge in [0.15, 0.2) is 0 Å². The third-order valence-corrected chi connectivity index (χ3v) is 2.98. The minimum atomic E-state index is -0.576. The zero-order chi connectivity index (χ0) is 14.4. The number of likely N-dealkylation sites (N-methyl/N-ethyl adjacent to an activating group) is 1. The molecule has 2 N–H and O–H groups in total. The molecule has 0 fully saturated rings. The van der Waals surface area contributed by atoms with Gasteiger partial charge in [0, 0.05) is 7.05 Å². The Kier molecular flexibility index (Phi) is 5.49. The lowest BCUT2D eigenvalue weighted by atomic mass is 10.4. The Balaban J connectivity index is 2.88. The van der Waals surface area contributed by atoms with Crippen molar-refractivity contribution in [1.82, 2.24) is 15.1 Å². The fourth-order valence-electron chi connectivity index (χ4n) is 1.15. The minimum Gasteiger partial charge on any atom is -0.468 e. The molecule has 0 unspecified atom stereocenters. The summed E-state index contributed by atoms with van der Waals surface area (Å²) in [4.78, 5) is 34.0. The van der Waals surface area contributed by atoms with Crippen LogP contribution >= 0.6 is 15.9 Å². The van der Waals surface area contributed by atoms with Gasteiger partial charge in [-0.3, -0.25) is 14.4 Å². The number of amides is 1. The number of esters is 1. The van der Waals surface area contributed by atoms with Crippen LogP contribution in [0.15, 0.2) is 15.5 Å². The first-order chi connectivity index (χ1) is 8.99. The zero-order valence-electron chi connectivity index (χ0n) is 10.4. The summed E-state index contributed by atoms with van der Waals surface area (Å²) in [6.07, 6.45) is 1.34. The molecule has 0 aliphatic carbocycles. The van der Waals surface area contributed by atoms with E-state index in [0.29, 0.717) is 5.69 Å². The van der Waals surface area contributed by atoms with Crippen LogP contribution in [0.4, 0.5) is 5.69 Å². The van der Waals surface area contributed by atoms with Gasteiger partial charge in [-0.2, -0.15) is 5.10 Å². The Morgan fingerprint density at radius 3 is 2.79 bits per heavy atom. The van der Waals surface area contributed by atoms with Gasteiger partial charge in [-0.15, -0.1) is 0 Å². The van der Waals surface area contributed by atoms with E-state index >= 15 is 0 Å². The Morgan fingerprint density at radius 1 is 1.53 bits per heavy atom. The molecule has 0 radical (unpaired) electrons. The van der Waals surface area contributed by atoms with Crippen molar-refractivity contribution in [2.24, 2.45) is 0 Å². The van der Waals surface area contributed by atoms with Crippen LogP contribution in [-0.2, 0) is 20.9 Å². The molecule has 0 atom stereocenters. The maximum absolute atomic E-state index is 11.9. The van der Waals surface area contributed by atoms with Crippen LogP contribution in [-0.4, -0.2) is 42.4 Å². The van der Waals surface area contributed by atoms with Gasteiger partial charge in [0.25, 0.3) is 5.56 Å². The highest BCUT2D eigenvalue weighted by Crippen LogP contribution is 2.15. The van der Waals surface area contributed by atoms with E-state index in [0.717, 1.165) is 4.68 Å². The number of nitrogens with one attached hydrogen (secondary N) is 2. The summed E-state index contributed by atoms with van der Waals surface area (Å²) >= 11 is 3.10. The molecule has 8 nitrogen and oxygen atoms in total. The molecule has 0 spiro atoms. The molecule has 1 heterocycles. The first kappa shape index (κ1) is 15.2. The van der Waals surface area contributed by atoms with Crippen LogP contribution in [0.25, 0.3) is 0 Å². The first-order valence-electron chi connectivity index (χ1n) is 5.26. The molecule has 1 rings (SSSR count). The fourth-order valence-corrected chi connectivity index (χ4v) is 1.60. The maximum Gasteiger partial charge on any atom is 0.327 e. The van der Waals surface area contributed by atoms with Crippen molar-refractivity contribution in [3.63, 3.8) is 0 Å². The van der Waals surface area contributed by atoms with Crippen molar-refractivity contribution in [1.29, 1.82) is 0 Å². The Labute approximate surface area is 117 Å². The first-order valence-corrected chi connectivity index (χ1v) is 6.05. The Bertz CT molecular complexity index is 543. The molecule has 9 heteroatoms. The van der Waals surface area contributed by atoms with Gasteiger partial charge >= 0.3 is 5.97 Å². The Morgan fingerprint density at radius 2 is 2.21 bits per heavy atom. The highest BCUT2D eigenvalue weighted by atomic mass is 79.9. The second-order valence-corrected chi connectivity index (χ2v) is 4.23. The standard InChI is InChI=1S/C10H13BrN4O4/c1-12-7(16)4-13-6-3-14-15(5-8(17)19-2)10(18)9(6)11/h3,13H,4-5H2,1-2H3,(H,12,16). The molecule has 0 aliphatic rings. The second-order valence-electron chi connectivity index (χ2n) is 3.44. The maximum atomic E-state index is 11.9. The monoisotopic (exact) mass is 332 g/mol. The summed E-state index contributed by atoms with van der Waals surface area (Å²) in [5.41, 5.74) is -0.123. The van der Waals surface area contributed by atoms with Gasteiger partial charge in [0.1, 0.15) is 11.0 Å². The molecule has 1 aromatic heterocycles. The summed E-state index contributed by atoms with van der Waals surface area (Å²) in [7, 11) is 2.73. The normalized spacial score (nSPS) is 9.84. The number of anilines is 1. The molecule has 0 bridgehead atoms. The average molecular weight is 333 g/mol. The van der Waals surface area contributed by atoms with Crippen LogP contribution < -0.4 is 16.2 Å². The van der Waals surface area contributed by atoms with Gasteiger partial charge in [-0.1, -0.05) is 0 Å². The average Bonchev–Trinajstić information content (AvgIpc) is 2.42. The van der Waals surface area contributed by atoms with Gasteiger partial charge in [-0.05, 0) is 15.9 Å². The van der Waals surface area contributed by atoms with E-state index in [2.05, 4.69) is 36.4 Å². The smallest absolute Gasteiger partial charge is 0.327 e. The lowest BCUT2D eigenvalue weighted by molar-refractivity contribution is -0.141. The van der Waals surface area contributed by atoms with Gasteiger partial charge in [0.05, 0.1) is 25.5 Å². The molecule has 1 amide bonds. The number of hydrogen-bond acceptors (Lipinski definition) is 6. The van der Waals surface area contributed by atoms with Gasteiger partial charge in [-0.25, -0.2) is 4.68 Å². The second kappa shape index (κ2) is 6.88. The van der Waals surface area contributed by atoms with Crippen molar-refractivity contribution < 1.29 is 14.3 Å². The van der Waals surface area contributed by atoms with Crippen LogP contribution in [0.1, 0.15) is 0 Å². The predicted molar refractivity (Wildman–Crippen MR) is 70.8 cm³/mol. The molecular formula is C10H13BrN4O4. The van der Waals surface area contributed by atoms with Crippen molar-refractivity contribution in [3.05, 3.63) is 21.0 Å². The molecule has 104 valence electrons. The number of carbonyl (C=O) groups excluding carboxylic acids is 2. The van der Waals surface area contributed by atoms with Crippen molar-refractivity contribution in [2.45, 2.75) is 6.54 Å². The van der Waals surface area contributed by atoms with E-state index in [-0.39, 0.29) is 23.5 Å². The molecule has 0 saturated carbocycles. The van der Waals surface area contributed by atoms with Crippen LogP contribution in [0, 0.1) is 0 Å². The molecule has 0 saturated heterocycles.